The first-order valence-corrected chi connectivity index (χ1v) is 8.85. The van der Waals surface area contributed by atoms with Gasteiger partial charge < -0.3 is 4.90 Å². The molecule has 1 fully saturated rings. The molecule has 5 nitrogen and oxygen atoms in total. The molecule has 2 atom stereocenters. The number of hydrogen-bond donors (Lipinski definition) is 1. The Balaban J connectivity index is 1.53. The molecule has 1 saturated heterocycles. The van der Waals surface area contributed by atoms with Crippen molar-refractivity contribution in [1.82, 2.24) is 20.1 Å². The molecule has 2 unspecified atom stereocenters. The smallest absolute Gasteiger partial charge is 0.230 e. The predicted octanol–water partition coefficient (Wildman–Crippen LogP) is 2.87. The highest BCUT2D eigenvalue weighted by Crippen LogP contribution is 2.39. The Bertz CT molecular complexity index is 713. The maximum atomic E-state index is 13.0. The minimum Gasteiger partial charge on any atom is -0.335 e. The van der Waals surface area contributed by atoms with Crippen LogP contribution in [0.25, 0.3) is 4.91 Å². The molecule has 0 radical (unpaired) electrons. The number of likely N-dealkylation sites (tertiary alicyclic amines) is 1. The molecule has 2 aromatic heterocycles. The van der Waals surface area contributed by atoms with Gasteiger partial charge >= 0.3 is 0 Å². The van der Waals surface area contributed by atoms with Crippen molar-refractivity contribution < 1.29 is 4.79 Å². The van der Waals surface area contributed by atoms with Crippen LogP contribution in [0.15, 0.2) is 43.0 Å². The molecular weight excluding hydrogens is 308 g/mol. The van der Waals surface area contributed by atoms with Crippen molar-refractivity contribution in [2.75, 3.05) is 12.3 Å². The Hall–Kier alpha value is -2.08. The molecule has 2 aliphatic rings. The lowest BCUT2D eigenvalue weighted by atomic mass is 10.0. The molecule has 0 aromatic carbocycles. The highest BCUT2D eigenvalue weighted by molar-refractivity contribution is 8.08. The standard InChI is InChI=1S/C17H18N4OS/c22-17(13-7-16(23-11-13)14-9-19-20-10-14)21-6-2-4-15(21)12-3-1-5-18-8-12/h1,3,5,7-10,13,15H,2,4,6,11H2,(H,19,20). The summed E-state index contributed by atoms with van der Waals surface area (Å²) in [7, 11) is 0. The highest BCUT2D eigenvalue weighted by atomic mass is 32.2. The summed E-state index contributed by atoms with van der Waals surface area (Å²) >= 11 is 1.73. The minimum absolute atomic E-state index is 0.0397. The van der Waals surface area contributed by atoms with E-state index in [0.29, 0.717) is 0 Å². The fourth-order valence-electron chi connectivity index (χ4n) is 3.33. The molecule has 0 spiro atoms. The summed E-state index contributed by atoms with van der Waals surface area (Å²) in [5.74, 6) is 1.01. The number of amides is 1. The van der Waals surface area contributed by atoms with Gasteiger partial charge in [0.05, 0.1) is 18.2 Å². The minimum atomic E-state index is -0.0397. The van der Waals surface area contributed by atoms with E-state index in [0.717, 1.165) is 41.2 Å². The quantitative estimate of drug-likeness (QED) is 0.942. The van der Waals surface area contributed by atoms with Crippen LogP contribution in [0.1, 0.15) is 30.0 Å². The van der Waals surface area contributed by atoms with Crippen molar-refractivity contribution in [3.05, 3.63) is 54.1 Å². The molecule has 0 aliphatic carbocycles. The number of carbonyl (C=O) groups excluding carboxylic acids is 1. The number of aromatic nitrogens is 3. The molecule has 2 aromatic rings. The molecule has 6 heteroatoms. The van der Waals surface area contributed by atoms with Crippen LogP contribution < -0.4 is 0 Å². The summed E-state index contributed by atoms with van der Waals surface area (Å²) < 4.78 is 0. The van der Waals surface area contributed by atoms with Gasteiger partial charge in [0.25, 0.3) is 0 Å². The molecule has 2 aliphatic heterocycles. The van der Waals surface area contributed by atoms with Gasteiger partial charge in [-0.1, -0.05) is 12.1 Å². The maximum absolute atomic E-state index is 13.0. The van der Waals surface area contributed by atoms with Crippen molar-refractivity contribution in [3.63, 3.8) is 0 Å². The molecule has 0 bridgehead atoms. The van der Waals surface area contributed by atoms with Gasteiger partial charge in [0.1, 0.15) is 0 Å². The number of aromatic amines is 1. The number of hydrogen-bond acceptors (Lipinski definition) is 4. The maximum Gasteiger partial charge on any atom is 0.230 e. The van der Waals surface area contributed by atoms with Gasteiger partial charge in [-0.25, -0.2) is 0 Å². The molecule has 4 rings (SSSR count). The third-order valence-electron chi connectivity index (χ3n) is 4.48. The zero-order valence-corrected chi connectivity index (χ0v) is 13.5. The normalized spacial score (nSPS) is 24.0. The first-order valence-electron chi connectivity index (χ1n) is 7.87. The van der Waals surface area contributed by atoms with Crippen molar-refractivity contribution in [2.24, 2.45) is 5.92 Å². The van der Waals surface area contributed by atoms with Gasteiger partial charge in [-0.3, -0.25) is 14.9 Å². The van der Waals surface area contributed by atoms with Crippen LogP contribution in [-0.2, 0) is 4.79 Å². The number of pyridine rings is 1. The zero-order valence-electron chi connectivity index (χ0n) is 12.7. The van der Waals surface area contributed by atoms with Gasteiger partial charge in [0.15, 0.2) is 0 Å². The summed E-state index contributed by atoms with van der Waals surface area (Å²) in [6.07, 6.45) is 11.5. The molecule has 1 amide bonds. The largest absolute Gasteiger partial charge is 0.335 e. The van der Waals surface area contributed by atoms with Gasteiger partial charge in [-0.15, -0.1) is 11.8 Å². The van der Waals surface area contributed by atoms with E-state index in [-0.39, 0.29) is 17.9 Å². The Morgan fingerprint density at radius 3 is 3.13 bits per heavy atom. The van der Waals surface area contributed by atoms with Crippen LogP contribution in [0, 0.1) is 5.92 Å². The number of rotatable bonds is 3. The number of nitrogens with one attached hydrogen (secondary N) is 1. The molecule has 23 heavy (non-hydrogen) atoms. The Labute approximate surface area is 139 Å². The average molecular weight is 326 g/mol. The van der Waals surface area contributed by atoms with E-state index in [1.807, 2.05) is 23.4 Å². The fourth-order valence-corrected chi connectivity index (χ4v) is 4.47. The van der Waals surface area contributed by atoms with Crippen LogP contribution in [0.5, 0.6) is 0 Å². The van der Waals surface area contributed by atoms with Crippen molar-refractivity contribution in [2.45, 2.75) is 18.9 Å². The third kappa shape index (κ3) is 2.79. The molecule has 118 valence electrons. The summed E-state index contributed by atoms with van der Waals surface area (Å²) in [6.45, 7) is 0.842. The SMILES string of the molecule is O=C(C1C=C(c2cn[nH]c2)SC1)N1CCCC1c1cccnc1. The van der Waals surface area contributed by atoms with Crippen molar-refractivity contribution in [3.8, 4) is 0 Å². The number of carbonyl (C=O) groups is 1. The van der Waals surface area contributed by atoms with E-state index in [1.54, 1.807) is 24.2 Å². The number of thioether (sulfide) groups is 1. The Morgan fingerprint density at radius 2 is 2.35 bits per heavy atom. The van der Waals surface area contributed by atoms with E-state index in [4.69, 9.17) is 0 Å². The highest BCUT2D eigenvalue weighted by Gasteiger charge is 2.35. The molecule has 1 N–H and O–H groups in total. The summed E-state index contributed by atoms with van der Waals surface area (Å²) in [5, 5.41) is 6.81. The van der Waals surface area contributed by atoms with Gasteiger partial charge in [-0.05, 0) is 24.5 Å². The lowest BCUT2D eigenvalue weighted by Gasteiger charge is -2.26. The monoisotopic (exact) mass is 326 g/mol. The van der Waals surface area contributed by atoms with E-state index in [2.05, 4.69) is 27.3 Å². The molecular formula is C17H18N4OS. The summed E-state index contributed by atoms with van der Waals surface area (Å²) in [6, 6.07) is 4.19. The Morgan fingerprint density at radius 1 is 1.39 bits per heavy atom. The fraction of sp³-hybridized carbons (Fsp3) is 0.353. The van der Waals surface area contributed by atoms with Crippen LogP contribution in [0.2, 0.25) is 0 Å². The second kappa shape index (κ2) is 6.20. The average Bonchev–Trinajstić information content (AvgIpc) is 3.35. The Kier molecular flexibility index (Phi) is 3.91. The van der Waals surface area contributed by atoms with Crippen LogP contribution in [0.4, 0.5) is 0 Å². The molecule has 4 heterocycles. The second-order valence-corrected chi connectivity index (χ2v) is 6.97. The first-order chi connectivity index (χ1) is 11.3. The summed E-state index contributed by atoms with van der Waals surface area (Å²) in [4.78, 5) is 20.4. The second-order valence-electron chi connectivity index (χ2n) is 5.91. The zero-order chi connectivity index (χ0) is 15.6. The summed E-state index contributed by atoms with van der Waals surface area (Å²) in [5.41, 5.74) is 2.21. The van der Waals surface area contributed by atoms with Crippen LogP contribution in [-0.4, -0.2) is 38.3 Å². The first kappa shape index (κ1) is 14.5. The van der Waals surface area contributed by atoms with Crippen molar-refractivity contribution in [1.29, 1.82) is 0 Å². The van der Waals surface area contributed by atoms with Crippen LogP contribution in [0.3, 0.4) is 0 Å². The van der Waals surface area contributed by atoms with Crippen molar-refractivity contribution >= 4 is 22.6 Å². The van der Waals surface area contributed by atoms with Gasteiger partial charge in [0.2, 0.25) is 5.91 Å². The van der Waals surface area contributed by atoms with E-state index in [1.165, 1.54) is 0 Å². The van der Waals surface area contributed by atoms with E-state index >= 15 is 0 Å². The predicted molar refractivity (Wildman–Crippen MR) is 90.4 cm³/mol. The van der Waals surface area contributed by atoms with Gasteiger partial charge in [-0.2, -0.15) is 5.10 Å². The lowest BCUT2D eigenvalue weighted by Crippen LogP contribution is -2.35. The number of H-pyrrole nitrogens is 1. The molecule has 0 saturated carbocycles. The van der Waals surface area contributed by atoms with E-state index in [9.17, 15) is 4.79 Å². The lowest BCUT2D eigenvalue weighted by molar-refractivity contribution is -0.134. The third-order valence-corrected chi connectivity index (χ3v) is 5.68. The topological polar surface area (TPSA) is 61.9 Å². The van der Waals surface area contributed by atoms with Crippen LogP contribution >= 0.6 is 11.8 Å². The van der Waals surface area contributed by atoms with E-state index < -0.39 is 0 Å². The van der Waals surface area contributed by atoms with Gasteiger partial charge in [0, 0.05) is 41.4 Å². The number of nitrogens with zero attached hydrogens (tertiary/aromatic N) is 3.